The number of ether oxygens (including phenoxy) is 1. The zero-order valence-corrected chi connectivity index (χ0v) is 19.7. The van der Waals surface area contributed by atoms with E-state index in [2.05, 4.69) is 34.9 Å². The van der Waals surface area contributed by atoms with Gasteiger partial charge < -0.3 is 14.7 Å². The van der Waals surface area contributed by atoms with Crippen molar-refractivity contribution in [2.75, 3.05) is 20.2 Å². The molecule has 0 aliphatic carbocycles. The van der Waals surface area contributed by atoms with Gasteiger partial charge in [0.05, 0.1) is 7.11 Å². The molecule has 3 aliphatic rings. The van der Waals surface area contributed by atoms with Gasteiger partial charge >= 0.3 is 0 Å². The van der Waals surface area contributed by atoms with Gasteiger partial charge in [0.1, 0.15) is 16.9 Å². The zero-order chi connectivity index (χ0) is 23.2. The molecule has 5 nitrogen and oxygen atoms in total. The van der Waals surface area contributed by atoms with Crippen LogP contribution in [-0.2, 0) is 11.3 Å². The van der Waals surface area contributed by atoms with Gasteiger partial charge in [0.2, 0.25) is 5.91 Å². The molecular formula is C28H32N2O3. The highest BCUT2D eigenvalue weighted by molar-refractivity contribution is 5.90. The second kappa shape index (κ2) is 8.20. The molecule has 3 saturated heterocycles. The molecule has 1 N–H and O–H groups in total. The van der Waals surface area contributed by atoms with E-state index in [9.17, 15) is 9.90 Å². The first kappa shape index (κ1) is 22.0. The molecule has 0 aromatic heterocycles. The lowest BCUT2D eigenvalue weighted by Gasteiger charge is -2.33. The van der Waals surface area contributed by atoms with Crippen LogP contribution in [0, 0.1) is 17.8 Å². The third kappa shape index (κ3) is 3.82. The summed E-state index contributed by atoms with van der Waals surface area (Å²) < 4.78 is 5.52. The topological polar surface area (TPSA) is 53.0 Å². The Labute approximate surface area is 196 Å². The maximum absolute atomic E-state index is 13.8. The van der Waals surface area contributed by atoms with E-state index in [1.54, 1.807) is 21.0 Å². The zero-order valence-electron chi connectivity index (χ0n) is 19.7. The van der Waals surface area contributed by atoms with Crippen LogP contribution < -0.4 is 4.74 Å². The second-order valence-electron chi connectivity index (χ2n) is 10.1. The largest absolute Gasteiger partial charge is 0.496 e. The van der Waals surface area contributed by atoms with Crippen molar-refractivity contribution in [3.8, 4) is 17.6 Å². The number of likely N-dealkylation sites (tertiary alicyclic amines) is 1. The van der Waals surface area contributed by atoms with Crippen LogP contribution in [0.2, 0.25) is 0 Å². The number of amides is 1. The Hall–Kier alpha value is -2.81. The van der Waals surface area contributed by atoms with Crippen LogP contribution in [0.3, 0.4) is 0 Å². The predicted molar refractivity (Wildman–Crippen MR) is 128 cm³/mol. The quantitative estimate of drug-likeness (QED) is 0.730. The van der Waals surface area contributed by atoms with Crippen molar-refractivity contribution in [2.45, 2.75) is 56.8 Å². The summed E-state index contributed by atoms with van der Waals surface area (Å²) in [5.74, 6) is 7.39. The standard InChI is InChI=1S/C28H32N2O3/c1-27(2,32)15-13-20-9-11-21(12-10-20)24-17-23-19-29(18-22-7-4-5-8-25(22)33-3)26(31)28(23)14-6-16-30(24)28/h4-5,7-12,23-24,32H,6,14,16-19H2,1-3H3/t23-,24-,28-/m0/s1. The van der Waals surface area contributed by atoms with E-state index in [0.29, 0.717) is 12.5 Å². The van der Waals surface area contributed by atoms with Crippen molar-refractivity contribution in [2.24, 2.45) is 5.92 Å². The van der Waals surface area contributed by atoms with Gasteiger partial charge in [0, 0.05) is 36.2 Å². The van der Waals surface area contributed by atoms with E-state index in [1.807, 2.05) is 35.2 Å². The summed E-state index contributed by atoms with van der Waals surface area (Å²) in [5.41, 5.74) is 1.86. The monoisotopic (exact) mass is 444 g/mol. The van der Waals surface area contributed by atoms with Crippen molar-refractivity contribution < 1.29 is 14.6 Å². The summed E-state index contributed by atoms with van der Waals surface area (Å²) in [6.45, 7) is 5.75. The minimum atomic E-state index is -1.00. The molecule has 1 amide bonds. The maximum atomic E-state index is 13.8. The molecule has 5 rings (SSSR count). The number of para-hydroxylation sites is 1. The second-order valence-corrected chi connectivity index (χ2v) is 10.1. The van der Waals surface area contributed by atoms with Gasteiger partial charge in [0.15, 0.2) is 0 Å². The van der Waals surface area contributed by atoms with Crippen molar-refractivity contribution in [1.29, 1.82) is 0 Å². The number of hydrogen-bond acceptors (Lipinski definition) is 4. The molecule has 172 valence electrons. The van der Waals surface area contributed by atoms with Gasteiger partial charge in [-0.15, -0.1) is 0 Å². The summed E-state index contributed by atoms with van der Waals surface area (Å²) >= 11 is 0. The molecule has 33 heavy (non-hydrogen) atoms. The Morgan fingerprint density at radius 3 is 2.67 bits per heavy atom. The Kier molecular flexibility index (Phi) is 5.47. The Morgan fingerprint density at radius 2 is 1.94 bits per heavy atom. The van der Waals surface area contributed by atoms with E-state index in [-0.39, 0.29) is 17.5 Å². The van der Waals surface area contributed by atoms with Gasteiger partial charge in [-0.2, -0.15) is 0 Å². The first-order valence-corrected chi connectivity index (χ1v) is 11.9. The number of carbonyl (C=O) groups excluding carboxylic acids is 1. The molecule has 2 aromatic carbocycles. The first-order valence-electron chi connectivity index (χ1n) is 11.9. The lowest BCUT2D eigenvalue weighted by Crippen LogP contribution is -2.49. The average molecular weight is 445 g/mol. The van der Waals surface area contributed by atoms with Crippen molar-refractivity contribution in [1.82, 2.24) is 9.80 Å². The molecule has 0 unspecified atom stereocenters. The van der Waals surface area contributed by atoms with E-state index < -0.39 is 5.60 Å². The smallest absolute Gasteiger partial charge is 0.243 e. The number of methoxy groups -OCH3 is 1. The predicted octanol–water partition coefficient (Wildman–Crippen LogP) is 3.76. The van der Waals surface area contributed by atoms with Gasteiger partial charge in [-0.1, -0.05) is 42.2 Å². The number of benzene rings is 2. The van der Waals surface area contributed by atoms with Gasteiger partial charge in [-0.25, -0.2) is 0 Å². The van der Waals surface area contributed by atoms with E-state index in [1.165, 1.54) is 5.56 Å². The third-order valence-electron chi connectivity index (χ3n) is 7.49. The summed E-state index contributed by atoms with van der Waals surface area (Å²) in [6, 6.07) is 16.6. The fraction of sp³-hybridized carbons (Fsp3) is 0.464. The molecule has 3 heterocycles. The SMILES string of the molecule is COc1ccccc1CN1C[C@@H]2C[C@@H](c3ccc(C#CC(C)(C)O)cc3)N3CCC[C@@]23C1=O. The molecule has 3 aliphatic heterocycles. The number of aliphatic hydroxyl groups is 1. The number of rotatable bonds is 4. The van der Waals surface area contributed by atoms with Crippen LogP contribution in [-0.4, -0.2) is 52.2 Å². The average Bonchev–Trinajstić information content (AvgIpc) is 3.43. The lowest BCUT2D eigenvalue weighted by molar-refractivity contribution is -0.137. The molecule has 0 saturated carbocycles. The Bertz CT molecular complexity index is 1110. The van der Waals surface area contributed by atoms with Crippen molar-refractivity contribution >= 4 is 5.91 Å². The highest BCUT2D eigenvalue weighted by Crippen LogP contribution is 2.56. The number of nitrogens with zero attached hydrogens (tertiary/aromatic N) is 2. The van der Waals surface area contributed by atoms with Crippen molar-refractivity contribution in [3.63, 3.8) is 0 Å². The maximum Gasteiger partial charge on any atom is 0.243 e. The van der Waals surface area contributed by atoms with Crippen LogP contribution in [0.15, 0.2) is 48.5 Å². The molecule has 5 heteroatoms. The third-order valence-corrected chi connectivity index (χ3v) is 7.49. The number of hydrogen-bond donors (Lipinski definition) is 1. The molecule has 2 aromatic rings. The van der Waals surface area contributed by atoms with Gasteiger partial charge in [0.25, 0.3) is 0 Å². The first-order chi connectivity index (χ1) is 15.8. The number of carbonyl (C=O) groups is 1. The van der Waals surface area contributed by atoms with Gasteiger partial charge in [-0.3, -0.25) is 9.69 Å². The molecular weight excluding hydrogens is 412 g/mol. The summed E-state index contributed by atoms with van der Waals surface area (Å²) in [6.07, 6.45) is 3.02. The lowest BCUT2D eigenvalue weighted by atomic mass is 9.85. The highest BCUT2D eigenvalue weighted by atomic mass is 16.5. The Balaban J connectivity index is 1.36. The molecule has 0 radical (unpaired) electrons. The summed E-state index contributed by atoms with van der Waals surface area (Å²) in [5, 5.41) is 9.85. The molecule has 3 atom stereocenters. The van der Waals surface area contributed by atoms with Crippen LogP contribution >= 0.6 is 0 Å². The van der Waals surface area contributed by atoms with Crippen LogP contribution in [0.5, 0.6) is 5.75 Å². The minimum Gasteiger partial charge on any atom is -0.496 e. The normalized spacial score (nSPS) is 26.7. The fourth-order valence-electron chi connectivity index (χ4n) is 6.08. The van der Waals surface area contributed by atoms with Gasteiger partial charge in [-0.05, 0) is 63.4 Å². The van der Waals surface area contributed by atoms with E-state index >= 15 is 0 Å². The molecule has 1 spiro atoms. The van der Waals surface area contributed by atoms with E-state index in [4.69, 9.17) is 4.74 Å². The van der Waals surface area contributed by atoms with Crippen LogP contribution in [0.4, 0.5) is 0 Å². The highest BCUT2D eigenvalue weighted by Gasteiger charge is 2.65. The molecule has 0 bridgehead atoms. The summed E-state index contributed by atoms with van der Waals surface area (Å²) in [7, 11) is 1.68. The minimum absolute atomic E-state index is 0.270. The van der Waals surface area contributed by atoms with Crippen molar-refractivity contribution in [3.05, 3.63) is 65.2 Å². The Morgan fingerprint density at radius 1 is 1.18 bits per heavy atom. The molecule has 3 fully saturated rings. The van der Waals surface area contributed by atoms with Crippen LogP contribution in [0.25, 0.3) is 0 Å². The van der Waals surface area contributed by atoms with Crippen LogP contribution in [0.1, 0.15) is 55.8 Å². The fourth-order valence-corrected chi connectivity index (χ4v) is 6.08. The van der Waals surface area contributed by atoms with E-state index in [0.717, 1.165) is 49.2 Å². The summed E-state index contributed by atoms with van der Waals surface area (Å²) in [4.78, 5) is 18.3.